The van der Waals surface area contributed by atoms with Gasteiger partial charge in [-0.2, -0.15) is 0 Å². The van der Waals surface area contributed by atoms with Crippen molar-refractivity contribution in [3.05, 3.63) is 0 Å². The zero-order valence-corrected chi connectivity index (χ0v) is 13.1. The van der Waals surface area contributed by atoms with Gasteiger partial charge in [-0.05, 0) is 33.4 Å². The minimum Gasteiger partial charge on any atom is -0.323 e. The van der Waals surface area contributed by atoms with Crippen LogP contribution in [0.3, 0.4) is 0 Å². The minimum atomic E-state index is 0.269. The highest BCUT2D eigenvalue weighted by molar-refractivity contribution is 4.89. The predicted octanol–water partition coefficient (Wildman–Crippen LogP) is 1.94. The molecule has 0 aromatic heterocycles. The molecule has 3 N–H and O–H groups in total. The molecule has 0 aromatic carbocycles. The highest BCUT2D eigenvalue weighted by atomic mass is 15.4. The van der Waals surface area contributed by atoms with Crippen LogP contribution < -0.4 is 16.0 Å². The molecule has 1 saturated heterocycles. The zero-order chi connectivity index (χ0) is 13.9. The maximum absolute atomic E-state index is 3.68. The van der Waals surface area contributed by atoms with Gasteiger partial charge in [0.25, 0.3) is 0 Å². The number of nitrogens with zero attached hydrogens (tertiary/aromatic N) is 1. The molecule has 0 unspecified atom stereocenters. The van der Waals surface area contributed by atoms with Crippen LogP contribution in [0, 0.1) is 0 Å². The lowest BCUT2D eigenvalue weighted by atomic mass is 9.95. The smallest absolute Gasteiger partial charge is 0.0732 e. The van der Waals surface area contributed by atoms with Gasteiger partial charge in [0.2, 0.25) is 0 Å². The van der Waals surface area contributed by atoms with Crippen molar-refractivity contribution >= 4 is 0 Å². The first-order valence-electron chi connectivity index (χ1n) is 7.50. The van der Waals surface area contributed by atoms with Gasteiger partial charge in [-0.25, -0.2) is 0 Å². The Bertz CT molecular complexity index is 171. The maximum Gasteiger partial charge on any atom is 0.0732 e. The Labute approximate surface area is 114 Å². The van der Waals surface area contributed by atoms with Crippen molar-refractivity contribution in [2.24, 2.45) is 0 Å². The normalized spacial score (nSPS) is 19.2. The summed E-state index contributed by atoms with van der Waals surface area (Å²) < 4.78 is 0. The molecule has 1 aliphatic heterocycles. The van der Waals surface area contributed by atoms with E-state index in [-0.39, 0.29) is 5.66 Å². The molecule has 1 rings (SSSR count). The Balaban J connectivity index is 0.000000873. The second-order valence-corrected chi connectivity index (χ2v) is 5.06. The summed E-state index contributed by atoms with van der Waals surface area (Å²) in [6.45, 7) is 10.0. The second kappa shape index (κ2) is 10.7. The van der Waals surface area contributed by atoms with Crippen molar-refractivity contribution in [2.75, 3.05) is 34.0 Å². The average molecular weight is 258 g/mol. The van der Waals surface area contributed by atoms with Gasteiger partial charge < -0.3 is 5.32 Å². The first kappa shape index (κ1) is 17.8. The molecule has 4 heteroatoms. The molecule has 0 bridgehead atoms. The Morgan fingerprint density at radius 2 is 1.61 bits per heavy atom. The van der Waals surface area contributed by atoms with Crippen molar-refractivity contribution in [1.29, 1.82) is 0 Å². The molecule has 0 radical (unpaired) electrons. The van der Waals surface area contributed by atoms with Gasteiger partial charge in [-0.1, -0.05) is 33.6 Å². The van der Waals surface area contributed by atoms with Gasteiger partial charge in [0.1, 0.15) is 0 Å². The first-order chi connectivity index (χ1) is 8.70. The number of nitrogens with one attached hydrogen (secondary N) is 3. The molecular weight excluding hydrogens is 224 g/mol. The SMILES string of the molecule is CCCN1CNCNC1(CCC)CCC.CNC. The van der Waals surface area contributed by atoms with Crippen LogP contribution in [-0.4, -0.2) is 44.5 Å². The molecule has 0 amide bonds. The van der Waals surface area contributed by atoms with Gasteiger partial charge in [0, 0.05) is 13.2 Å². The number of hydrogen-bond donors (Lipinski definition) is 3. The van der Waals surface area contributed by atoms with Crippen molar-refractivity contribution in [3.63, 3.8) is 0 Å². The summed E-state index contributed by atoms with van der Waals surface area (Å²) in [5.74, 6) is 0. The zero-order valence-electron chi connectivity index (χ0n) is 13.1. The lowest BCUT2D eigenvalue weighted by Gasteiger charge is -2.48. The van der Waals surface area contributed by atoms with Crippen LogP contribution in [0.2, 0.25) is 0 Å². The summed E-state index contributed by atoms with van der Waals surface area (Å²) >= 11 is 0. The molecule has 0 spiro atoms. The maximum atomic E-state index is 3.68. The van der Waals surface area contributed by atoms with Crippen molar-refractivity contribution in [2.45, 2.75) is 58.5 Å². The molecule has 18 heavy (non-hydrogen) atoms. The van der Waals surface area contributed by atoms with E-state index in [2.05, 4.69) is 41.6 Å². The molecule has 110 valence electrons. The van der Waals surface area contributed by atoms with E-state index in [4.69, 9.17) is 0 Å². The van der Waals surface area contributed by atoms with E-state index >= 15 is 0 Å². The van der Waals surface area contributed by atoms with Crippen LogP contribution in [0.1, 0.15) is 52.9 Å². The Morgan fingerprint density at radius 1 is 1.06 bits per heavy atom. The fourth-order valence-corrected chi connectivity index (χ4v) is 2.69. The van der Waals surface area contributed by atoms with Crippen molar-refractivity contribution in [3.8, 4) is 0 Å². The van der Waals surface area contributed by atoms with Gasteiger partial charge in [0.15, 0.2) is 0 Å². The molecule has 1 heterocycles. The summed E-state index contributed by atoms with van der Waals surface area (Å²) in [5.41, 5.74) is 0.269. The lowest BCUT2D eigenvalue weighted by molar-refractivity contribution is -0.00239. The predicted molar refractivity (Wildman–Crippen MR) is 80.5 cm³/mol. The Hall–Kier alpha value is -0.160. The van der Waals surface area contributed by atoms with E-state index < -0.39 is 0 Å². The largest absolute Gasteiger partial charge is 0.323 e. The van der Waals surface area contributed by atoms with E-state index in [9.17, 15) is 0 Å². The highest BCUT2D eigenvalue weighted by Gasteiger charge is 2.35. The molecule has 0 atom stereocenters. The number of rotatable bonds is 6. The standard InChI is InChI=1S/C12H27N3.C2H7N/c1-4-7-12(8-5-2)14-10-13-11-15(12)9-6-3;1-3-2/h13-14H,4-11H2,1-3H3;3H,1-2H3. The molecule has 1 aliphatic rings. The fraction of sp³-hybridized carbons (Fsp3) is 1.00. The second-order valence-electron chi connectivity index (χ2n) is 5.06. The van der Waals surface area contributed by atoms with Crippen LogP contribution in [0.5, 0.6) is 0 Å². The van der Waals surface area contributed by atoms with E-state index in [1.54, 1.807) is 0 Å². The van der Waals surface area contributed by atoms with E-state index in [0.29, 0.717) is 0 Å². The van der Waals surface area contributed by atoms with Crippen molar-refractivity contribution in [1.82, 2.24) is 20.9 Å². The highest BCUT2D eigenvalue weighted by Crippen LogP contribution is 2.25. The fourth-order valence-electron chi connectivity index (χ4n) is 2.69. The van der Waals surface area contributed by atoms with Crippen LogP contribution in [0.4, 0.5) is 0 Å². The van der Waals surface area contributed by atoms with E-state index in [0.717, 1.165) is 13.3 Å². The molecule has 0 aromatic rings. The van der Waals surface area contributed by atoms with Crippen LogP contribution >= 0.6 is 0 Å². The third-order valence-corrected chi connectivity index (χ3v) is 3.27. The third kappa shape index (κ3) is 5.65. The Morgan fingerprint density at radius 3 is 2.06 bits per heavy atom. The molecule has 1 fully saturated rings. The van der Waals surface area contributed by atoms with E-state index in [1.165, 1.54) is 38.6 Å². The molecule has 4 nitrogen and oxygen atoms in total. The summed E-state index contributed by atoms with van der Waals surface area (Å²) in [6, 6.07) is 0. The quantitative estimate of drug-likeness (QED) is 0.681. The first-order valence-corrected chi connectivity index (χ1v) is 7.50. The molecule has 0 saturated carbocycles. The van der Waals surface area contributed by atoms with Gasteiger partial charge in [0.05, 0.1) is 12.3 Å². The van der Waals surface area contributed by atoms with Crippen LogP contribution in [0.15, 0.2) is 0 Å². The summed E-state index contributed by atoms with van der Waals surface area (Å²) in [4.78, 5) is 2.59. The minimum absolute atomic E-state index is 0.269. The molecule has 0 aliphatic carbocycles. The summed E-state index contributed by atoms with van der Waals surface area (Å²) in [5, 5.41) is 9.84. The van der Waals surface area contributed by atoms with Crippen molar-refractivity contribution < 1.29 is 0 Å². The lowest BCUT2D eigenvalue weighted by Crippen LogP contribution is -2.67. The number of hydrogen-bond acceptors (Lipinski definition) is 4. The monoisotopic (exact) mass is 258 g/mol. The van der Waals surface area contributed by atoms with Gasteiger partial charge in [-0.15, -0.1) is 0 Å². The summed E-state index contributed by atoms with van der Waals surface area (Å²) in [6.07, 6.45) is 6.28. The third-order valence-electron chi connectivity index (χ3n) is 3.27. The van der Waals surface area contributed by atoms with Gasteiger partial charge in [-0.3, -0.25) is 15.5 Å². The summed E-state index contributed by atoms with van der Waals surface area (Å²) in [7, 11) is 3.75. The van der Waals surface area contributed by atoms with Crippen LogP contribution in [0.25, 0.3) is 0 Å². The average Bonchev–Trinajstić information content (AvgIpc) is 2.34. The van der Waals surface area contributed by atoms with E-state index in [1.807, 2.05) is 14.1 Å². The Kier molecular flexibility index (Phi) is 10.6. The molecular formula is C14H34N4. The topological polar surface area (TPSA) is 39.3 Å². The van der Waals surface area contributed by atoms with Gasteiger partial charge >= 0.3 is 0 Å². The van der Waals surface area contributed by atoms with Crippen LogP contribution in [-0.2, 0) is 0 Å².